The van der Waals surface area contributed by atoms with E-state index in [9.17, 15) is 4.79 Å². The molecule has 0 saturated heterocycles. The van der Waals surface area contributed by atoms with Crippen molar-refractivity contribution in [3.05, 3.63) is 23.1 Å². The predicted molar refractivity (Wildman–Crippen MR) is 38.2 cm³/mol. The van der Waals surface area contributed by atoms with Crippen LogP contribution in [-0.4, -0.2) is 6.29 Å². The van der Waals surface area contributed by atoms with Gasteiger partial charge in [-0.3, -0.25) is 0 Å². The third-order valence-electron chi connectivity index (χ3n) is 1.25. The molecule has 0 N–H and O–H groups in total. The van der Waals surface area contributed by atoms with E-state index in [2.05, 4.69) is 0 Å². The minimum Gasteiger partial charge on any atom is -0.449 e. The number of hydrogen-bond donors (Lipinski definition) is 0. The van der Waals surface area contributed by atoms with Crippen molar-refractivity contribution in [3.8, 4) is 0 Å². The zero-order valence-corrected chi connectivity index (χ0v) is 6.26. The lowest BCUT2D eigenvalue weighted by Crippen LogP contribution is -1.89. The van der Waals surface area contributed by atoms with E-state index in [0.29, 0.717) is 11.0 Å². The van der Waals surface area contributed by atoms with E-state index >= 15 is 0 Å². The Bertz CT molecular complexity index is 229. The third-order valence-corrected chi connectivity index (χ3v) is 1.45. The van der Waals surface area contributed by atoms with Gasteiger partial charge in [0.1, 0.15) is 12.0 Å². The summed E-state index contributed by atoms with van der Waals surface area (Å²) in [5, 5.41) is 0.323. The second-order valence-electron chi connectivity index (χ2n) is 2.07. The standard InChI is InChI=1S/C7H7ClO2/c1-5(4-9)6-2-3-7(8)10-6/h2-5H,1H3. The van der Waals surface area contributed by atoms with Gasteiger partial charge in [0, 0.05) is 0 Å². The molecule has 0 aliphatic heterocycles. The number of furan rings is 1. The molecule has 1 aromatic rings. The third kappa shape index (κ3) is 1.39. The summed E-state index contributed by atoms with van der Waals surface area (Å²) >= 11 is 5.48. The average Bonchev–Trinajstić information content (AvgIpc) is 2.34. The quantitative estimate of drug-likeness (QED) is 0.618. The first-order valence-corrected chi connectivity index (χ1v) is 3.32. The summed E-state index contributed by atoms with van der Waals surface area (Å²) in [4.78, 5) is 10.2. The van der Waals surface area contributed by atoms with Crippen LogP contribution in [0.1, 0.15) is 18.6 Å². The molecule has 0 aliphatic rings. The Kier molecular flexibility index (Phi) is 2.12. The highest BCUT2D eigenvalue weighted by Gasteiger charge is 2.07. The van der Waals surface area contributed by atoms with Crippen LogP contribution in [0.3, 0.4) is 0 Å². The van der Waals surface area contributed by atoms with Crippen LogP contribution in [0.15, 0.2) is 16.5 Å². The van der Waals surface area contributed by atoms with Crippen LogP contribution in [0.5, 0.6) is 0 Å². The van der Waals surface area contributed by atoms with Gasteiger partial charge >= 0.3 is 0 Å². The summed E-state index contributed by atoms with van der Waals surface area (Å²) in [5.74, 6) is 0.410. The predicted octanol–water partition coefficient (Wildman–Crippen LogP) is 2.24. The van der Waals surface area contributed by atoms with E-state index in [0.717, 1.165) is 6.29 Å². The van der Waals surface area contributed by atoms with Crippen molar-refractivity contribution in [1.82, 2.24) is 0 Å². The summed E-state index contributed by atoms with van der Waals surface area (Å²) in [6.07, 6.45) is 0.815. The van der Waals surface area contributed by atoms with Gasteiger partial charge in [0.15, 0.2) is 5.22 Å². The first-order chi connectivity index (χ1) is 4.74. The average molecular weight is 159 g/mol. The number of aldehydes is 1. The molecule has 0 aromatic carbocycles. The van der Waals surface area contributed by atoms with Crippen molar-refractivity contribution in [3.63, 3.8) is 0 Å². The van der Waals surface area contributed by atoms with Crippen LogP contribution in [-0.2, 0) is 4.79 Å². The van der Waals surface area contributed by atoms with E-state index in [1.807, 2.05) is 0 Å². The van der Waals surface area contributed by atoms with E-state index in [4.69, 9.17) is 16.0 Å². The molecule has 0 bridgehead atoms. The van der Waals surface area contributed by atoms with Crippen LogP contribution < -0.4 is 0 Å². The fraction of sp³-hybridized carbons (Fsp3) is 0.286. The topological polar surface area (TPSA) is 30.2 Å². The van der Waals surface area contributed by atoms with Gasteiger partial charge < -0.3 is 9.21 Å². The normalized spacial score (nSPS) is 13.0. The first kappa shape index (κ1) is 7.35. The molecule has 1 rings (SSSR count). The SMILES string of the molecule is CC(C=O)c1ccc(Cl)o1. The molecule has 0 radical (unpaired) electrons. The number of halogens is 1. The Morgan fingerprint density at radius 1 is 1.70 bits per heavy atom. The Morgan fingerprint density at radius 2 is 2.40 bits per heavy atom. The van der Waals surface area contributed by atoms with Crippen molar-refractivity contribution in [2.45, 2.75) is 12.8 Å². The van der Waals surface area contributed by atoms with Crippen molar-refractivity contribution >= 4 is 17.9 Å². The van der Waals surface area contributed by atoms with Gasteiger partial charge in [-0.05, 0) is 30.7 Å². The Hall–Kier alpha value is -0.760. The van der Waals surface area contributed by atoms with E-state index in [1.54, 1.807) is 19.1 Å². The molecule has 0 fully saturated rings. The van der Waals surface area contributed by atoms with Gasteiger partial charge in [-0.25, -0.2) is 0 Å². The zero-order chi connectivity index (χ0) is 7.56. The minimum absolute atomic E-state index is 0.201. The van der Waals surface area contributed by atoms with Gasteiger partial charge in [-0.2, -0.15) is 0 Å². The maximum atomic E-state index is 10.2. The summed E-state index contributed by atoms with van der Waals surface area (Å²) in [6, 6.07) is 3.32. The largest absolute Gasteiger partial charge is 0.449 e. The smallest absolute Gasteiger partial charge is 0.193 e. The molecular formula is C7H7ClO2. The number of hydrogen-bond acceptors (Lipinski definition) is 2. The van der Waals surface area contributed by atoms with Crippen LogP contribution >= 0.6 is 11.6 Å². The Labute approximate surface area is 63.8 Å². The highest BCUT2D eigenvalue weighted by molar-refractivity contribution is 6.28. The highest BCUT2D eigenvalue weighted by Crippen LogP contribution is 2.19. The molecule has 0 aliphatic carbocycles. The maximum absolute atomic E-state index is 10.2. The van der Waals surface area contributed by atoms with Crippen LogP contribution in [0, 0.1) is 0 Å². The van der Waals surface area contributed by atoms with Crippen molar-refractivity contribution < 1.29 is 9.21 Å². The molecule has 0 saturated carbocycles. The summed E-state index contributed by atoms with van der Waals surface area (Å²) in [5.41, 5.74) is 0. The lowest BCUT2D eigenvalue weighted by Gasteiger charge is -1.94. The van der Waals surface area contributed by atoms with Crippen molar-refractivity contribution in [1.29, 1.82) is 0 Å². The summed E-state index contributed by atoms with van der Waals surface area (Å²) in [7, 11) is 0. The van der Waals surface area contributed by atoms with E-state index < -0.39 is 0 Å². The summed E-state index contributed by atoms with van der Waals surface area (Å²) < 4.78 is 4.97. The van der Waals surface area contributed by atoms with Crippen molar-refractivity contribution in [2.24, 2.45) is 0 Å². The second kappa shape index (κ2) is 2.88. The highest BCUT2D eigenvalue weighted by atomic mass is 35.5. The fourth-order valence-corrected chi connectivity index (χ4v) is 0.792. The molecule has 1 unspecified atom stereocenters. The Balaban J connectivity index is 2.84. The Morgan fingerprint density at radius 3 is 2.80 bits per heavy atom. The van der Waals surface area contributed by atoms with Crippen LogP contribution in [0.4, 0.5) is 0 Å². The number of carbonyl (C=O) groups is 1. The molecule has 10 heavy (non-hydrogen) atoms. The number of carbonyl (C=O) groups excluding carboxylic acids is 1. The molecule has 1 aromatic heterocycles. The molecule has 54 valence electrons. The van der Waals surface area contributed by atoms with E-state index in [-0.39, 0.29) is 5.92 Å². The van der Waals surface area contributed by atoms with Crippen molar-refractivity contribution in [2.75, 3.05) is 0 Å². The summed E-state index contributed by atoms with van der Waals surface area (Å²) in [6.45, 7) is 1.75. The lowest BCUT2D eigenvalue weighted by atomic mass is 10.1. The maximum Gasteiger partial charge on any atom is 0.193 e. The molecule has 0 amide bonds. The van der Waals surface area contributed by atoms with Gasteiger partial charge in [-0.15, -0.1) is 0 Å². The fourth-order valence-electron chi connectivity index (χ4n) is 0.640. The van der Waals surface area contributed by atoms with Gasteiger partial charge in [0.05, 0.1) is 5.92 Å². The van der Waals surface area contributed by atoms with Gasteiger partial charge in [0.25, 0.3) is 0 Å². The lowest BCUT2D eigenvalue weighted by molar-refractivity contribution is -0.109. The molecule has 1 atom stereocenters. The zero-order valence-electron chi connectivity index (χ0n) is 5.50. The minimum atomic E-state index is -0.201. The monoisotopic (exact) mass is 158 g/mol. The molecule has 3 heteroatoms. The van der Waals surface area contributed by atoms with E-state index in [1.165, 1.54) is 0 Å². The van der Waals surface area contributed by atoms with Crippen LogP contribution in [0.2, 0.25) is 5.22 Å². The molecule has 0 spiro atoms. The molecular weight excluding hydrogens is 152 g/mol. The van der Waals surface area contributed by atoms with Crippen LogP contribution in [0.25, 0.3) is 0 Å². The first-order valence-electron chi connectivity index (χ1n) is 2.94. The second-order valence-corrected chi connectivity index (χ2v) is 2.44. The van der Waals surface area contributed by atoms with Gasteiger partial charge in [0.2, 0.25) is 0 Å². The van der Waals surface area contributed by atoms with Gasteiger partial charge in [-0.1, -0.05) is 0 Å². The molecule has 2 nitrogen and oxygen atoms in total. The molecule has 1 heterocycles. The number of rotatable bonds is 2.